The molecule has 3 aromatic carbocycles. The molecule has 0 spiro atoms. The molecular weight excluding hydrogens is 480 g/mol. The third-order valence-electron chi connectivity index (χ3n) is 7.32. The first-order valence-electron chi connectivity index (χ1n) is 13.1. The summed E-state index contributed by atoms with van der Waals surface area (Å²) in [7, 11) is 0. The molecule has 1 unspecified atom stereocenters. The van der Waals surface area contributed by atoms with Crippen LogP contribution >= 0.6 is 0 Å². The second kappa shape index (κ2) is 13.0. The molecule has 0 aliphatic heterocycles. The Morgan fingerprint density at radius 3 is 1.47 bits per heavy atom. The standard InChI is InChI=1S/C31H42N2O5/c1-23(2)28(33(38)31(20-34,21-35)22-36)27-17-15-24(16-18-27)19-30(3,4)32(37)29(25-11-7-5-8-12-25)26-13-9-6-10-14-26/h5-18,23,28-29,34-38H,19-22H2,1-4H3. The van der Waals surface area contributed by atoms with E-state index in [2.05, 4.69) is 0 Å². The summed E-state index contributed by atoms with van der Waals surface area (Å²) in [6.45, 7) is 6.08. The van der Waals surface area contributed by atoms with Gasteiger partial charge in [0.15, 0.2) is 0 Å². The molecule has 3 aromatic rings. The minimum atomic E-state index is -1.56. The Morgan fingerprint density at radius 1 is 0.632 bits per heavy atom. The molecule has 206 valence electrons. The van der Waals surface area contributed by atoms with Crippen LogP contribution < -0.4 is 0 Å². The monoisotopic (exact) mass is 522 g/mol. The van der Waals surface area contributed by atoms with Gasteiger partial charge in [-0.1, -0.05) is 98.8 Å². The van der Waals surface area contributed by atoms with Crippen molar-refractivity contribution < 1.29 is 25.7 Å². The summed E-state index contributed by atoms with van der Waals surface area (Å²) in [6.07, 6.45) is 0.559. The summed E-state index contributed by atoms with van der Waals surface area (Å²) >= 11 is 0. The quantitative estimate of drug-likeness (QED) is 0.209. The van der Waals surface area contributed by atoms with Crippen molar-refractivity contribution in [2.24, 2.45) is 5.92 Å². The van der Waals surface area contributed by atoms with E-state index in [1.165, 1.54) is 5.06 Å². The van der Waals surface area contributed by atoms with Gasteiger partial charge in [-0.3, -0.25) is 0 Å². The van der Waals surface area contributed by atoms with Gasteiger partial charge in [-0.25, -0.2) is 0 Å². The van der Waals surface area contributed by atoms with Gasteiger partial charge < -0.3 is 25.7 Å². The number of benzene rings is 3. The van der Waals surface area contributed by atoms with E-state index in [1.54, 1.807) is 0 Å². The average molecular weight is 523 g/mol. The topological polar surface area (TPSA) is 108 Å². The van der Waals surface area contributed by atoms with Gasteiger partial charge in [0.1, 0.15) is 5.54 Å². The predicted octanol–water partition coefficient (Wildman–Crippen LogP) is 4.59. The molecule has 1 atom stereocenters. The first-order valence-corrected chi connectivity index (χ1v) is 13.1. The van der Waals surface area contributed by atoms with E-state index in [-0.39, 0.29) is 12.0 Å². The Bertz CT molecular complexity index is 1050. The molecule has 38 heavy (non-hydrogen) atoms. The molecule has 0 amide bonds. The highest BCUT2D eigenvalue weighted by Gasteiger charge is 2.41. The van der Waals surface area contributed by atoms with Gasteiger partial charge in [0, 0.05) is 5.54 Å². The number of aliphatic hydroxyl groups is 3. The van der Waals surface area contributed by atoms with E-state index in [4.69, 9.17) is 0 Å². The lowest BCUT2D eigenvalue weighted by Crippen LogP contribution is -2.57. The number of hydroxylamine groups is 4. The number of nitrogens with zero attached hydrogens (tertiary/aromatic N) is 2. The number of rotatable bonds is 13. The molecule has 7 heteroatoms. The van der Waals surface area contributed by atoms with Crippen molar-refractivity contribution in [3.8, 4) is 0 Å². The molecule has 0 aliphatic rings. The van der Waals surface area contributed by atoms with Crippen LogP contribution in [0.4, 0.5) is 0 Å². The molecule has 3 rings (SSSR count). The minimum Gasteiger partial charge on any atom is -0.394 e. The summed E-state index contributed by atoms with van der Waals surface area (Å²) in [4.78, 5) is 0. The van der Waals surface area contributed by atoms with Crippen LogP contribution in [0.5, 0.6) is 0 Å². The first kappa shape index (κ1) is 29.9. The number of aliphatic hydroxyl groups excluding tert-OH is 3. The number of hydrogen-bond acceptors (Lipinski definition) is 7. The zero-order chi connectivity index (χ0) is 27.9. The van der Waals surface area contributed by atoms with Crippen molar-refractivity contribution >= 4 is 0 Å². The second-order valence-corrected chi connectivity index (χ2v) is 11.0. The van der Waals surface area contributed by atoms with Crippen LogP contribution in [0.3, 0.4) is 0 Å². The highest BCUT2D eigenvalue weighted by Crippen LogP contribution is 2.36. The summed E-state index contributed by atoms with van der Waals surface area (Å²) < 4.78 is 0. The van der Waals surface area contributed by atoms with E-state index in [0.717, 1.165) is 27.3 Å². The van der Waals surface area contributed by atoms with Crippen LogP contribution in [0.25, 0.3) is 0 Å². The fourth-order valence-corrected chi connectivity index (χ4v) is 4.98. The molecule has 0 aromatic heterocycles. The third-order valence-corrected chi connectivity index (χ3v) is 7.32. The number of hydrogen-bond donors (Lipinski definition) is 5. The Kier molecular flexibility index (Phi) is 10.2. The second-order valence-electron chi connectivity index (χ2n) is 11.0. The average Bonchev–Trinajstić information content (AvgIpc) is 2.92. The molecule has 0 bridgehead atoms. The van der Waals surface area contributed by atoms with E-state index >= 15 is 0 Å². The lowest BCUT2D eigenvalue weighted by Gasteiger charge is -2.42. The zero-order valence-electron chi connectivity index (χ0n) is 22.8. The molecule has 0 saturated heterocycles. The van der Waals surface area contributed by atoms with Gasteiger partial charge in [-0.05, 0) is 48.4 Å². The fraction of sp³-hybridized carbons (Fsp3) is 0.419. The maximum atomic E-state index is 11.6. The third kappa shape index (κ3) is 6.50. The van der Waals surface area contributed by atoms with E-state index < -0.39 is 36.9 Å². The van der Waals surface area contributed by atoms with Crippen molar-refractivity contribution in [1.82, 2.24) is 10.1 Å². The summed E-state index contributed by atoms with van der Waals surface area (Å²) in [5.41, 5.74) is 1.59. The van der Waals surface area contributed by atoms with E-state index in [1.807, 2.05) is 113 Å². The molecule has 0 fully saturated rings. The smallest absolute Gasteiger partial charge is 0.116 e. The summed E-state index contributed by atoms with van der Waals surface area (Å²) in [6, 6.07) is 26.7. The van der Waals surface area contributed by atoms with Gasteiger partial charge in [-0.2, -0.15) is 10.1 Å². The van der Waals surface area contributed by atoms with Crippen LogP contribution in [-0.2, 0) is 6.42 Å². The highest BCUT2D eigenvalue weighted by molar-refractivity contribution is 5.32. The van der Waals surface area contributed by atoms with E-state index in [0.29, 0.717) is 6.42 Å². The first-order chi connectivity index (χ1) is 18.1. The predicted molar refractivity (Wildman–Crippen MR) is 148 cm³/mol. The van der Waals surface area contributed by atoms with Crippen LogP contribution in [-0.4, -0.2) is 66.8 Å². The van der Waals surface area contributed by atoms with Crippen molar-refractivity contribution in [3.05, 3.63) is 107 Å². The van der Waals surface area contributed by atoms with Crippen molar-refractivity contribution in [3.63, 3.8) is 0 Å². The van der Waals surface area contributed by atoms with Crippen LogP contribution in [0.15, 0.2) is 84.9 Å². The molecule has 5 N–H and O–H groups in total. The lowest BCUT2D eigenvalue weighted by molar-refractivity contribution is -0.245. The van der Waals surface area contributed by atoms with Gasteiger partial charge in [0.2, 0.25) is 0 Å². The molecular formula is C31H42N2O5. The Labute approximate surface area is 226 Å². The minimum absolute atomic E-state index is 0.0725. The normalized spacial score (nSPS) is 13.6. The van der Waals surface area contributed by atoms with Crippen LogP contribution in [0, 0.1) is 5.92 Å². The van der Waals surface area contributed by atoms with E-state index in [9.17, 15) is 25.7 Å². The molecule has 0 heterocycles. The van der Waals surface area contributed by atoms with Gasteiger partial charge in [0.25, 0.3) is 0 Å². The zero-order valence-corrected chi connectivity index (χ0v) is 22.8. The Hall–Kier alpha value is -2.62. The molecule has 7 nitrogen and oxygen atoms in total. The SMILES string of the molecule is CC(C)C(c1ccc(CC(C)(C)N(O)C(c2ccccc2)c2ccccc2)cc1)N(O)C(CO)(CO)CO. The maximum absolute atomic E-state index is 11.6. The molecule has 0 aliphatic carbocycles. The van der Waals surface area contributed by atoms with Crippen LogP contribution in [0.2, 0.25) is 0 Å². The molecule has 0 saturated carbocycles. The van der Waals surface area contributed by atoms with Crippen molar-refractivity contribution in [1.29, 1.82) is 0 Å². The van der Waals surface area contributed by atoms with Gasteiger partial charge in [-0.15, -0.1) is 0 Å². The summed E-state index contributed by atoms with van der Waals surface area (Å²) in [5.74, 6) is -0.0725. The van der Waals surface area contributed by atoms with Crippen molar-refractivity contribution in [2.45, 2.75) is 57.3 Å². The Morgan fingerprint density at radius 2 is 1.08 bits per heavy atom. The fourth-order valence-electron chi connectivity index (χ4n) is 4.98. The largest absolute Gasteiger partial charge is 0.394 e. The maximum Gasteiger partial charge on any atom is 0.116 e. The van der Waals surface area contributed by atoms with Gasteiger partial charge in [0.05, 0.1) is 31.9 Å². The van der Waals surface area contributed by atoms with Crippen molar-refractivity contribution in [2.75, 3.05) is 19.8 Å². The lowest BCUT2D eigenvalue weighted by atomic mass is 9.87. The molecule has 0 radical (unpaired) electrons. The van der Waals surface area contributed by atoms with Gasteiger partial charge >= 0.3 is 0 Å². The Balaban J connectivity index is 1.87. The highest BCUT2D eigenvalue weighted by atomic mass is 16.5. The van der Waals surface area contributed by atoms with Crippen LogP contribution in [0.1, 0.15) is 62.0 Å². The summed E-state index contributed by atoms with van der Waals surface area (Å²) in [5, 5.41) is 54.3.